The number of piperidine rings is 1. The van der Waals surface area contributed by atoms with Crippen LogP contribution in [0.1, 0.15) is 46.4 Å². The first-order valence-electron chi connectivity index (χ1n) is 8.13. The van der Waals surface area contributed by atoms with E-state index >= 15 is 0 Å². The van der Waals surface area contributed by atoms with Crippen molar-refractivity contribution in [2.24, 2.45) is 0 Å². The number of hydrogen-bond donors (Lipinski definition) is 0. The minimum atomic E-state index is -0.0578. The molecule has 2 aromatic heterocycles. The summed E-state index contributed by atoms with van der Waals surface area (Å²) in [6, 6.07) is 2.15. The minimum Gasteiger partial charge on any atom is -0.372 e. The Morgan fingerprint density at radius 3 is 2.64 bits per heavy atom. The van der Waals surface area contributed by atoms with Gasteiger partial charge < -0.3 is 9.64 Å². The van der Waals surface area contributed by atoms with Crippen LogP contribution in [-0.2, 0) is 11.2 Å². The molecule has 2 aromatic rings. The number of fused-ring (bicyclic) bond motifs is 1. The molecule has 4 nitrogen and oxygen atoms in total. The van der Waals surface area contributed by atoms with E-state index in [2.05, 4.69) is 49.0 Å². The van der Waals surface area contributed by atoms with Gasteiger partial charge in [-0.2, -0.15) is 0 Å². The first kappa shape index (κ1) is 15.7. The van der Waals surface area contributed by atoms with Gasteiger partial charge in [0, 0.05) is 19.5 Å². The van der Waals surface area contributed by atoms with Crippen LogP contribution in [0.4, 0.5) is 5.82 Å². The summed E-state index contributed by atoms with van der Waals surface area (Å²) >= 11 is 1.70. The lowest BCUT2D eigenvalue weighted by Gasteiger charge is -2.36. The molecule has 0 spiro atoms. The van der Waals surface area contributed by atoms with Gasteiger partial charge in [0.25, 0.3) is 0 Å². The van der Waals surface area contributed by atoms with Gasteiger partial charge in [0.05, 0.1) is 17.1 Å². The van der Waals surface area contributed by atoms with Crippen molar-refractivity contribution in [3.05, 3.63) is 17.3 Å². The smallest absolute Gasteiger partial charge is 0.141 e. The van der Waals surface area contributed by atoms with Gasteiger partial charge in [-0.1, -0.05) is 6.92 Å². The van der Waals surface area contributed by atoms with Crippen molar-refractivity contribution in [2.75, 3.05) is 18.0 Å². The Morgan fingerprint density at radius 2 is 2.00 bits per heavy atom. The van der Waals surface area contributed by atoms with Gasteiger partial charge >= 0.3 is 0 Å². The Labute approximate surface area is 136 Å². The zero-order valence-electron chi connectivity index (χ0n) is 13.9. The van der Waals surface area contributed by atoms with Crippen LogP contribution in [0.3, 0.4) is 0 Å². The number of aromatic nitrogens is 2. The van der Waals surface area contributed by atoms with Gasteiger partial charge in [0.2, 0.25) is 0 Å². The standard InChI is InChI=1S/C17H25N3OS/c1-5-14-18-15(13-8-11-22-16(13)19-14)20-9-6-12(7-10-20)21-17(2,3)4/h8,11-12H,5-7,9-10H2,1-4H3. The Kier molecular flexibility index (Phi) is 4.37. The number of thiophene rings is 1. The van der Waals surface area contributed by atoms with Crippen molar-refractivity contribution in [2.45, 2.75) is 58.7 Å². The second-order valence-corrected chi connectivity index (χ2v) is 7.77. The van der Waals surface area contributed by atoms with E-state index in [9.17, 15) is 0 Å². The summed E-state index contributed by atoms with van der Waals surface area (Å²) < 4.78 is 6.12. The monoisotopic (exact) mass is 319 g/mol. The molecule has 0 bridgehead atoms. The van der Waals surface area contributed by atoms with Crippen LogP contribution in [-0.4, -0.2) is 34.8 Å². The lowest BCUT2D eigenvalue weighted by Crippen LogP contribution is -2.40. The Bertz CT molecular complexity index is 639. The molecule has 1 aliphatic rings. The molecule has 120 valence electrons. The Hall–Kier alpha value is -1.20. The van der Waals surface area contributed by atoms with Crippen LogP contribution < -0.4 is 4.90 Å². The molecule has 1 fully saturated rings. The van der Waals surface area contributed by atoms with E-state index in [1.807, 2.05) is 0 Å². The Balaban J connectivity index is 1.77. The normalized spacial score (nSPS) is 17.4. The van der Waals surface area contributed by atoms with E-state index < -0.39 is 0 Å². The lowest BCUT2D eigenvalue weighted by atomic mass is 10.1. The maximum atomic E-state index is 6.12. The van der Waals surface area contributed by atoms with Crippen molar-refractivity contribution < 1.29 is 4.74 Å². The van der Waals surface area contributed by atoms with E-state index in [-0.39, 0.29) is 5.60 Å². The zero-order chi connectivity index (χ0) is 15.7. The van der Waals surface area contributed by atoms with Crippen LogP contribution in [0.25, 0.3) is 10.2 Å². The van der Waals surface area contributed by atoms with Crippen molar-refractivity contribution >= 4 is 27.4 Å². The van der Waals surface area contributed by atoms with Gasteiger partial charge in [-0.05, 0) is 45.1 Å². The van der Waals surface area contributed by atoms with Crippen molar-refractivity contribution in [3.8, 4) is 0 Å². The fourth-order valence-corrected chi connectivity index (χ4v) is 3.74. The van der Waals surface area contributed by atoms with Crippen LogP contribution in [0.15, 0.2) is 11.4 Å². The summed E-state index contributed by atoms with van der Waals surface area (Å²) in [5.41, 5.74) is -0.0578. The highest BCUT2D eigenvalue weighted by molar-refractivity contribution is 7.16. The molecule has 0 saturated carbocycles. The van der Waals surface area contributed by atoms with E-state index in [0.717, 1.165) is 48.8 Å². The molecule has 0 N–H and O–H groups in total. The van der Waals surface area contributed by atoms with E-state index in [0.29, 0.717) is 6.10 Å². The summed E-state index contributed by atoms with van der Waals surface area (Å²) in [5.74, 6) is 2.05. The van der Waals surface area contributed by atoms with Gasteiger partial charge in [0.15, 0.2) is 0 Å². The van der Waals surface area contributed by atoms with Crippen LogP contribution >= 0.6 is 11.3 Å². The number of ether oxygens (including phenoxy) is 1. The fourth-order valence-electron chi connectivity index (χ4n) is 2.97. The van der Waals surface area contributed by atoms with E-state index in [1.165, 1.54) is 5.39 Å². The third-order valence-electron chi connectivity index (χ3n) is 3.93. The third-order valence-corrected chi connectivity index (χ3v) is 4.74. The third kappa shape index (κ3) is 3.41. The molecule has 0 radical (unpaired) electrons. The first-order chi connectivity index (χ1) is 10.5. The van der Waals surface area contributed by atoms with Gasteiger partial charge in [-0.25, -0.2) is 9.97 Å². The van der Waals surface area contributed by atoms with Gasteiger partial charge in [-0.15, -0.1) is 11.3 Å². The summed E-state index contributed by atoms with van der Waals surface area (Å²) in [6.45, 7) is 10.5. The van der Waals surface area contributed by atoms with Crippen molar-refractivity contribution in [3.63, 3.8) is 0 Å². The second kappa shape index (κ2) is 6.13. The van der Waals surface area contributed by atoms with E-state index in [4.69, 9.17) is 9.72 Å². The largest absolute Gasteiger partial charge is 0.372 e. The predicted octanol–water partition coefficient (Wildman–Crippen LogP) is 4.04. The molecular weight excluding hydrogens is 294 g/mol. The molecule has 0 aromatic carbocycles. The van der Waals surface area contributed by atoms with Gasteiger partial charge in [0.1, 0.15) is 16.5 Å². The highest BCUT2D eigenvalue weighted by Crippen LogP contribution is 2.30. The molecular formula is C17H25N3OS. The molecule has 3 rings (SSSR count). The van der Waals surface area contributed by atoms with E-state index in [1.54, 1.807) is 11.3 Å². The second-order valence-electron chi connectivity index (χ2n) is 6.87. The minimum absolute atomic E-state index is 0.0578. The number of hydrogen-bond acceptors (Lipinski definition) is 5. The number of rotatable bonds is 3. The molecule has 1 aliphatic heterocycles. The highest BCUT2D eigenvalue weighted by atomic mass is 32.1. The molecule has 1 saturated heterocycles. The SMILES string of the molecule is CCc1nc(N2CCC(OC(C)(C)C)CC2)c2ccsc2n1. The van der Waals surface area contributed by atoms with Crippen molar-refractivity contribution in [1.82, 2.24) is 9.97 Å². The summed E-state index contributed by atoms with van der Waals surface area (Å²) in [6.07, 6.45) is 3.37. The first-order valence-corrected chi connectivity index (χ1v) is 9.01. The molecule has 0 unspecified atom stereocenters. The molecule has 0 aliphatic carbocycles. The lowest BCUT2D eigenvalue weighted by molar-refractivity contribution is -0.0683. The summed E-state index contributed by atoms with van der Waals surface area (Å²) in [5, 5.41) is 3.30. The average molecular weight is 319 g/mol. The van der Waals surface area contributed by atoms with Crippen LogP contribution in [0.2, 0.25) is 0 Å². The molecule has 5 heteroatoms. The Morgan fingerprint density at radius 1 is 1.27 bits per heavy atom. The summed E-state index contributed by atoms with van der Waals surface area (Å²) in [7, 11) is 0. The number of aryl methyl sites for hydroxylation is 1. The van der Waals surface area contributed by atoms with Crippen molar-refractivity contribution in [1.29, 1.82) is 0 Å². The van der Waals surface area contributed by atoms with Crippen LogP contribution in [0.5, 0.6) is 0 Å². The fraction of sp³-hybridized carbons (Fsp3) is 0.647. The zero-order valence-corrected chi connectivity index (χ0v) is 14.7. The van der Waals surface area contributed by atoms with Gasteiger partial charge in [-0.3, -0.25) is 0 Å². The summed E-state index contributed by atoms with van der Waals surface area (Å²) in [4.78, 5) is 12.9. The maximum absolute atomic E-state index is 6.12. The number of anilines is 1. The predicted molar refractivity (Wildman–Crippen MR) is 92.9 cm³/mol. The topological polar surface area (TPSA) is 38.2 Å². The average Bonchev–Trinajstić information content (AvgIpc) is 2.93. The molecule has 22 heavy (non-hydrogen) atoms. The quantitative estimate of drug-likeness (QED) is 0.856. The number of nitrogens with zero attached hydrogens (tertiary/aromatic N) is 3. The molecule has 0 atom stereocenters. The maximum Gasteiger partial charge on any atom is 0.141 e. The highest BCUT2D eigenvalue weighted by Gasteiger charge is 2.26. The van der Waals surface area contributed by atoms with Crippen LogP contribution in [0, 0.1) is 0 Å². The molecule has 3 heterocycles. The molecule has 0 amide bonds.